The highest BCUT2D eigenvalue weighted by molar-refractivity contribution is 5.42. The van der Waals surface area contributed by atoms with Crippen LogP contribution in [0.1, 0.15) is 16.7 Å². The summed E-state index contributed by atoms with van der Waals surface area (Å²) in [6.45, 7) is 14.4. The largest absolute Gasteiger partial charge is 0.491 e. The van der Waals surface area contributed by atoms with Crippen LogP contribution >= 0.6 is 0 Å². The highest BCUT2D eigenvalue weighted by Crippen LogP contribution is 2.24. The number of hydrogen-bond donors (Lipinski definition) is 1. The van der Waals surface area contributed by atoms with Gasteiger partial charge in [-0.2, -0.15) is 0 Å². The summed E-state index contributed by atoms with van der Waals surface area (Å²) in [5, 5.41) is 8.95. The van der Waals surface area contributed by atoms with Gasteiger partial charge in [-0.1, -0.05) is 17.7 Å². The Morgan fingerprint density at radius 1 is 0.875 bits per heavy atom. The number of nitrogens with zero attached hydrogens (tertiary/aromatic N) is 2. The second-order valence-corrected chi connectivity index (χ2v) is 6.60. The number of piperazine rings is 1. The van der Waals surface area contributed by atoms with Gasteiger partial charge in [0.05, 0.1) is 19.8 Å². The molecule has 1 aliphatic heterocycles. The van der Waals surface area contributed by atoms with E-state index in [9.17, 15) is 0 Å². The summed E-state index contributed by atoms with van der Waals surface area (Å²) in [7, 11) is 0. The average molecular weight is 336 g/mol. The van der Waals surface area contributed by atoms with Gasteiger partial charge in [-0.05, 0) is 31.9 Å². The monoisotopic (exact) mass is 336 g/mol. The van der Waals surface area contributed by atoms with Crippen LogP contribution in [0, 0.1) is 20.8 Å². The number of hydrogen-bond acceptors (Lipinski definition) is 5. The van der Waals surface area contributed by atoms with Crippen molar-refractivity contribution in [2.75, 3.05) is 65.7 Å². The maximum Gasteiger partial charge on any atom is 0.125 e. The van der Waals surface area contributed by atoms with E-state index < -0.39 is 0 Å². The van der Waals surface area contributed by atoms with Crippen LogP contribution in [0.4, 0.5) is 0 Å². The summed E-state index contributed by atoms with van der Waals surface area (Å²) in [5.74, 6) is 0.990. The number of aryl methyl sites for hydroxylation is 3. The first-order valence-electron chi connectivity index (χ1n) is 8.94. The Balaban J connectivity index is 1.56. The van der Waals surface area contributed by atoms with Gasteiger partial charge in [0.2, 0.25) is 0 Å². The van der Waals surface area contributed by atoms with Crippen molar-refractivity contribution in [3.8, 4) is 5.75 Å². The third-order valence-corrected chi connectivity index (χ3v) is 4.51. The van der Waals surface area contributed by atoms with Gasteiger partial charge in [0, 0.05) is 39.3 Å². The van der Waals surface area contributed by atoms with Crippen molar-refractivity contribution in [3.05, 3.63) is 28.8 Å². The summed E-state index contributed by atoms with van der Waals surface area (Å²) >= 11 is 0. The van der Waals surface area contributed by atoms with Crippen LogP contribution in [0.5, 0.6) is 5.75 Å². The summed E-state index contributed by atoms with van der Waals surface area (Å²) < 4.78 is 11.6. The predicted octanol–water partition coefficient (Wildman–Crippen LogP) is 1.62. The Bertz CT molecular complexity index is 476. The van der Waals surface area contributed by atoms with Crippen LogP contribution in [-0.4, -0.2) is 80.6 Å². The minimum absolute atomic E-state index is 0.253. The molecule has 24 heavy (non-hydrogen) atoms. The van der Waals surface area contributed by atoms with Crippen molar-refractivity contribution in [2.45, 2.75) is 20.8 Å². The van der Waals surface area contributed by atoms with Crippen LogP contribution in [0.3, 0.4) is 0 Å². The molecule has 136 valence electrons. The number of rotatable bonds is 9. The quantitative estimate of drug-likeness (QED) is 0.694. The van der Waals surface area contributed by atoms with E-state index in [1.54, 1.807) is 0 Å². The first kappa shape index (κ1) is 19.2. The van der Waals surface area contributed by atoms with E-state index in [-0.39, 0.29) is 6.61 Å². The minimum Gasteiger partial charge on any atom is -0.491 e. The van der Waals surface area contributed by atoms with E-state index in [1.165, 1.54) is 16.7 Å². The Hall–Kier alpha value is -1.14. The van der Waals surface area contributed by atoms with Gasteiger partial charge < -0.3 is 14.6 Å². The molecule has 1 saturated heterocycles. The van der Waals surface area contributed by atoms with Gasteiger partial charge in [-0.3, -0.25) is 9.80 Å². The first-order valence-corrected chi connectivity index (χ1v) is 8.94. The summed E-state index contributed by atoms with van der Waals surface area (Å²) in [6.07, 6.45) is 0. The molecule has 1 aromatic rings. The Kier molecular flexibility index (Phi) is 7.99. The molecule has 1 aliphatic rings. The van der Waals surface area contributed by atoms with E-state index in [1.807, 2.05) is 0 Å². The van der Waals surface area contributed by atoms with E-state index in [0.717, 1.165) is 51.6 Å². The maximum atomic E-state index is 8.95. The summed E-state index contributed by atoms with van der Waals surface area (Å²) in [5.41, 5.74) is 3.65. The Morgan fingerprint density at radius 3 is 2.04 bits per heavy atom. The van der Waals surface area contributed by atoms with E-state index in [2.05, 4.69) is 42.7 Å². The molecule has 5 nitrogen and oxygen atoms in total. The smallest absolute Gasteiger partial charge is 0.125 e. The lowest BCUT2D eigenvalue weighted by Crippen LogP contribution is -2.47. The zero-order valence-corrected chi connectivity index (χ0v) is 15.4. The van der Waals surface area contributed by atoms with Crippen molar-refractivity contribution < 1.29 is 14.6 Å². The van der Waals surface area contributed by atoms with Gasteiger partial charge >= 0.3 is 0 Å². The van der Waals surface area contributed by atoms with Crippen molar-refractivity contribution in [1.82, 2.24) is 9.80 Å². The van der Waals surface area contributed by atoms with Gasteiger partial charge in [0.25, 0.3) is 0 Å². The Morgan fingerprint density at radius 2 is 1.46 bits per heavy atom. The number of aliphatic hydroxyl groups excluding tert-OH is 1. The van der Waals surface area contributed by atoms with Crippen LogP contribution in [0.15, 0.2) is 12.1 Å². The maximum absolute atomic E-state index is 8.95. The highest BCUT2D eigenvalue weighted by atomic mass is 16.5. The molecule has 0 spiro atoms. The van der Waals surface area contributed by atoms with Crippen molar-refractivity contribution in [1.29, 1.82) is 0 Å². The first-order chi connectivity index (χ1) is 11.6. The molecule has 1 N–H and O–H groups in total. The van der Waals surface area contributed by atoms with Crippen molar-refractivity contribution in [2.24, 2.45) is 0 Å². The molecular weight excluding hydrogens is 304 g/mol. The SMILES string of the molecule is Cc1cc(C)c(OCCOCCN2CCN(CCO)CC2)c(C)c1. The fourth-order valence-corrected chi connectivity index (χ4v) is 3.27. The molecule has 0 atom stereocenters. The second-order valence-electron chi connectivity index (χ2n) is 6.60. The molecule has 0 bridgehead atoms. The molecule has 1 aromatic carbocycles. The fraction of sp³-hybridized carbons (Fsp3) is 0.684. The summed E-state index contributed by atoms with van der Waals surface area (Å²) in [4.78, 5) is 4.72. The van der Waals surface area contributed by atoms with Gasteiger partial charge in [0.1, 0.15) is 12.4 Å². The molecule has 0 radical (unpaired) electrons. The molecule has 1 fully saturated rings. The third-order valence-electron chi connectivity index (χ3n) is 4.51. The lowest BCUT2D eigenvalue weighted by Gasteiger charge is -2.34. The standard InChI is InChI=1S/C19H32N2O3/c1-16-14-17(2)19(18(3)15-16)24-13-12-23-11-9-21-6-4-20(5-7-21)8-10-22/h14-15,22H,4-13H2,1-3H3. The van der Waals surface area contributed by atoms with Gasteiger partial charge in [-0.15, -0.1) is 0 Å². The molecule has 0 unspecified atom stereocenters. The van der Waals surface area contributed by atoms with Crippen LogP contribution in [-0.2, 0) is 4.74 Å². The van der Waals surface area contributed by atoms with Crippen LogP contribution < -0.4 is 4.74 Å². The Labute approximate surface area is 146 Å². The molecule has 0 saturated carbocycles. The zero-order valence-electron chi connectivity index (χ0n) is 15.4. The molecule has 5 heteroatoms. The van der Waals surface area contributed by atoms with Gasteiger partial charge in [0.15, 0.2) is 0 Å². The molecule has 0 aliphatic carbocycles. The number of ether oxygens (including phenoxy) is 2. The van der Waals surface area contributed by atoms with E-state index in [0.29, 0.717) is 13.2 Å². The van der Waals surface area contributed by atoms with Crippen LogP contribution in [0.25, 0.3) is 0 Å². The average Bonchev–Trinajstić information content (AvgIpc) is 2.54. The molecule has 0 amide bonds. The normalized spacial score (nSPS) is 16.5. The van der Waals surface area contributed by atoms with Gasteiger partial charge in [-0.25, -0.2) is 0 Å². The molecule has 1 heterocycles. The van der Waals surface area contributed by atoms with E-state index in [4.69, 9.17) is 14.6 Å². The minimum atomic E-state index is 0.253. The third kappa shape index (κ3) is 6.06. The fourth-order valence-electron chi connectivity index (χ4n) is 3.27. The van der Waals surface area contributed by atoms with Crippen LogP contribution in [0.2, 0.25) is 0 Å². The number of aliphatic hydroxyl groups is 1. The lowest BCUT2D eigenvalue weighted by molar-refractivity contribution is 0.0580. The number of β-amino-alcohol motifs (C(OH)–C–C–N with tert-alkyl or cyclic N) is 1. The zero-order chi connectivity index (χ0) is 17.4. The summed E-state index contributed by atoms with van der Waals surface area (Å²) in [6, 6.07) is 4.30. The molecular formula is C19H32N2O3. The predicted molar refractivity (Wildman–Crippen MR) is 96.9 cm³/mol. The topological polar surface area (TPSA) is 45.2 Å². The van der Waals surface area contributed by atoms with Crippen molar-refractivity contribution in [3.63, 3.8) is 0 Å². The molecule has 0 aromatic heterocycles. The molecule has 2 rings (SSSR count). The lowest BCUT2D eigenvalue weighted by atomic mass is 10.1. The van der Waals surface area contributed by atoms with Crippen molar-refractivity contribution >= 4 is 0 Å². The highest BCUT2D eigenvalue weighted by Gasteiger charge is 2.15. The second kappa shape index (κ2) is 9.99. The number of benzene rings is 1. The van der Waals surface area contributed by atoms with E-state index >= 15 is 0 Å².